The lowest BCUT2D eigenvalue weighted by Gasteiger charge is -2.39. The predicted octanol–water partition coefficient (Wildman–Crippen LogP) is 1.19. The molecule has 2 rings (SSSR count). The third-order valence-electron chi connectivity index (χ3n) is 5.46. The van der Waals surface area contributed by atoms with Gasteiger partial charge in [-0.1, -0.05) is 20.8 Å². The van der Waals surface area contributed by atoms with Gasteiger partial charge in [0.25, 0.3) is 0 Å². The summed E-state index contributed by atoms with van der Waals surface area (Å²) >= 11 is 0. The van der Waals surface area contributed by atoms with Crippen molar-refractivity contribution >= 4 is 11.8 Å². The fraction of sp³-hybridized carbons (Fsp3) is 0.846. The van der Waals surface area contributed by atoms with Gasteiger partial charge < -0.3 is 11.1 Å². The van der Waals surface area contributed by atoms with Gasteiger partial charge in [0.05, 0.1) is 0 Å². The van der Waals surface area contributed by atoms with E-state index in [0.717, 1.165) is 12.8 Å². The van der Waals surface area contributed by atoms with Crippen molar-refractivity contribution in [3.8, 4) is 0 Å². The summed E-state index contributed by atoms with van der Waals surface area (Å²) in [5.41, 5.74) is 5.46. The molecule has 4 nitrogen and oxygen atoms in total. The molecule has 3 unspecified atom stereocenters. The van der Waals surface area contributed by atoms with Crippen LogP contribution in [-0.2, 0) is 9.59 Å². The largest absolute Gasteiger partial charge is 0.369 e. The van der Waals surface area contributed by atoms with E-state index in [2.05, 4.69) is 26.1 Å². The molecule has 0 aliphatic heterocycles. The first-order chi connectivity index (χ1) is 7.77. The summed E-state index contributed by atoms with van der Waals surface area (Å²) < 4.78 is 0. The van der Waals surface area contributed by atoms with Crippen molar-refractivity contribution in [1.29, 1.82) is 0 Å². The Hall–Kier alpha value is -1.06. The van der Waals surface area contributed by atoms with Crippen LogP contribution in [0.5, 0.6) is 0 Å². The molecule has 4 heteroatoms. The van der Waals surface area contributed by atoms with Crippen molar-refractivity contribution in [2.24, 2.45) is 22.5 Å². The van der Waals surface area contributed by atoms with Gasteiger partial charge in [0.1, 0.15) is 6.42 Å². The molecule has 0 spiro atoms. The first-order valence-electron chi connectivity index (χ1n) is 6.35. The first-order valence-corrected chi connectivity index (χ1v) is 6.35. The van der Waals surface area contributed by atoms with Crippen LogP contribution >= 0.6 is 0 Å². The number of hydrogen-bond acceptors (Lipinski definition) is 2. The van der Waals surface area contributed by atoms with Crippen molar-refractivity contribution in [3.05, 3.63) is 0 Å². The van der Waals surface area contributed by atoms with Crippen LogP contribution in [0.15, 0.2) is 0 Å². The molecule has 2 aliphatic carbocycles. The molecular formula is C13H22N2O2. The molecule has 2 fully saturated rings. The fourth-order valence-corrected chi connectivity index (χ4v) is 3.83. The molecule has 17 heavy (non-hydrogen) atoms. The predicted molar refractivity (Wildman–Crippen MR) is 65.0 cm³/mol. The lowest BCUT2D eigenvalue weighted by Crippen LogP contribution is -2.47. The standard InChI is InChI=1S/C13H22N2O2/c1-12(2)8-4-5-13(12,3)9(6-8)15-11(17)7-10(14)16/h8-9H,4-7H2,1-3H3,(H2,14,16)(H,15,17). The van der Waals surface area contributed by atoms with Gasteiger partial charge in [0.15, 0.2) is 0 Å². The first kappa shape index (κ1) is 12.4. The fourth-order valence-electron chi connectivity index (χ4n) is 3.83. The van der Waals surface area contributed by atoms with Gasteiger partial charge in [0, 0.05) is 6.04 Å². The number of nitrogens with two attached hydrogens (primary N) is 1. The van der Waals surface area contributed by atoms with E-state index in [1.54, 1.807) is 0 Å². The number of primary amides is 1. The summed E-state index contributed by atoms with van der Waals surface area (Å²) in [6.45, 7) is 6.85. The van der Waals surface area contributed by atoms with Crippen LogP contribution < -0.4 is 11.1 Å². The van der Waals surface area contributed by atoms with Gasteiger partial charge >= 0.3 is 0 Å². The molecule has 2 saturated carbocycles. The number of carbonyl (C=O) groups is 2. The quantitative estimate of drug-likeness (QED) is 0.725. The second-order valence-electron chi connectivity index (χ2n) is 6.37. The topological polar surface area (TPSA) is 72.2 Å². The van der Waals surface area contributed by atoms with E-state index in [0.29, 0.717) is 5.92 Å². The van der Waals surface area contributed by atoms with Crippen LogP contribution in [0.3, 0.4) is 0 Å². The van der Waals surface area contributed by atoms with Crippen molar-refractivity contribution in [2.45, 2.75) is 52.5 Å². The van der Waals surface area contributed by atoms with Gasteiger partial charge in [-0.3, -0.25) is 9.59 Å². The van der Waals surface area contributed by atoms with E-state index in [1.165, 1.54) is 6.42 Å². The van der Waals surface area contributed by atoms with E-state index in [1.807, 2.05) is 0 Å². The maximum Gasteiger partial charge on any atom is 0.229 e. The van der Waals surface area contributed by atoms with E-state index >= 15 is 0 Å². The van der Waals surface area contributed by atoms with E-state index < -0.39 is 5.91 Å². The molecule has 2 aliphatic rings. The van der Waals surface area contributed by atoms with E-state index in [9.17, 15) is 9.59 Å². The molecule has 2 amide bonds. The Morgan fingerprint density at radius 2 is 2.00 bits per heavy atom. The summed E-state index contributed by atoms with van der Waals surface area (Å²) in [6.07, 6.45) is 3.25. The molecule has 0 radical (unpaired) electrons. The van der Waals surface area contributed by atoms with Gasteiger partial charge in [-0.2, -0.15) is 0 Å². The number of fused-ring (bicyclic) bond motifs is 2. The maximum atomic E-state index is 11.6. The average Bonchev–Trinajstić information content (AvgIpc) is 2.49. The highest BCUT2D eigenvalue weighted by Crippen LogP contribution is 2.65. The lowest BCUT2D eigenvalue weighted by atomic mass is 9.69. The zero-order valence-corrected chi connectivity index (χ0v) is 10.9. The minimum absolute atomic E-state index is 0.158. The number of nitrogens with one attached hydrogen (secondary N) is 1. The third-order valence-corrected chi connectivity index (χ3v) is 5.46. The highest BCUT2D eigenvalue weighted by atomic mass is 16.2. The van der Waals surface area contributed by atoms with E-state index in [-0.39, 0.29) is 29.2 Å². The van der Waals surface area contributed by atoms with Crippen LogP contribution in [0.2, 0.25) is 0 Å². The van der Waals surface area contributed by atoms with Gasteiger partial charge in [-0.05, 0) is 36.0 Å². The molecule has 2 bridgehead atoms. The molecular weight excluding hydrogens is 216 g/mol. The Balaban J connectivity index is 2.06. The number of carbonyl (C=O) groups excluding carboxylic acids is 2. The van der Waals surface area contributed by atoms with Crippen LogP contribution in [-0.4, -0.2) is 17.9 Å². The summed E-state index contributed by atoms with van der Waals surface area (Å²) in [5.74, 6) is -0.103. The minimum Gasteiger partial charge on any atom is -0.369 e. The van der Waals surface area contributed by atoms with E-state index in [4.69, 9.17) is 5.73 Å². The summed E-state index contributed by atoms with van der Waals surface area (Å²) in [4.78, 5) is 22.3. The smallest absolute Gasteiger partial charge is 0.229 e. The molecule has 0 heterocycles. The number of amides is 2. The third kappa shape index (κ3) is 1.74. The minimum atomic E-state index is -0.560. The summed E-state index contributed by atoms with van der Waals surface area (Å²) in [6, 6.07) is 0.197. The molecule has 0 saturated heterocycles. The van der Waals surface area contributed by atoms with Crippen LogP contribution in [0.4, 0.5) is 0 Å². The van der Waals surface area contributed by atoms with Crippen molar-refractivity contribution < 1.29 is 9.59 Å². The van der Waals surface area contributed by atoms with Gasteiger partial charge in [0.2, 0.25) is 11.8 Å². The normalized spacial score (nSPS) is 38.1. The van der Waals surface area contributed by atoms with Crippen LogP contribution in [0, 0.1) is 16.7 Å². The highest BCUT2D eigenvalue weighted by molar-refractivity contribution is 5.96. The molecule has 0 aromatic heterocycles. The molecule has 3 atom stereocenters. The van der Waals surface area contributed by atoms with Crippen molar-refractivity contribution in [3.63, 3.8) is 0 Å². The zero-order chi connectivity index (χ0) is 12.8. The van der Waals surface area contributed by atoms with Crippen molar-refractivity contribution in [1.82, 2.24) is 5.32 Å². The highest BCUT2D eigenvalue weighted by Gasteiger charge is 2.61. The molecule has 3 N–H and O–H groups in total. The van der Waals surface area contributed by atoms with Crippen LogP contribution in [0.1, 0.15) is 46.5 Å². The lowest BCUT2D eigenvalue weighted by molar-refractivity contribution is -0.128. The van der Waals surface area contributed by atoms with Crippen LogP contribution in [0.25, 0.3) is 0 Å². The second kappa shape index (κ2) is 3.72. The Kier molecular flexibility index (Phi) is 2.71. The number of rotatable bonds is 3. The Morgan fingerprint density at radius 1 is 1.35 bits per heavy atom. The average molecular weight is 238 g/mol. The van der Waals surface area contributed by atoms with Crippen molar-refractivity contribution in [2.75, 3.05) is 0 Å². The summed E-state index contributed by atoms with van der Waals surface area (Å²) in [7, 11) is 0. The van der Waals surface area contributed by atoms with Gasteiger partial charge in [-0.25, -0.2) is 0 Å². The monoisotopic (exact) mass is 238 g/mol. The summed E-state index contributed by atoms with van der Waals surface area (Å²) in [5, 5.41) is 3.00. The Morgan fingerprint density at radius 3 is 2.41 bits per heavy atom. The second-order valence-corrected chi connectivity index (χ2v) is 6.37. The number of hydrogen-bond donors (Lipinski definition) is 2. The Bertz CT molecular complexity index is 364. The molecule has 0 aromatic rings. The SMILES string of the molecule is CC1(C)C2CCC1(C)C(NC(=O)CC(N)=O)C2. The Labute approximate surface area is 102 Å². The maximum absolute atomic E-state index is 11.6. The zero-order valence-electron chi connectivity index (χ0n) is 10.9. The molecule has 0 aromatic carbocycles. The van der Waals surface area contributed by atoms with Gasteiger partial charge in [-0.15, -0.1) is 0 Å². The molecule has 96 valence electrons.